The predicted molar refractivity (Wildman–Crippen MR) is 107 cm³/mol. The molecule has 0 heterocycles. The van der Waals surface area contributed by atoms with Crippen molar-refractivity contribution in [1.82, 2.24) is 9.80 Å². The molecule has 0 saturated carbocycles. The van der Waals surface area contributed by atoms with E-state index in [9.17, 15) is 32.7 Å². The van der Waals surface area contributed by atoms with Crippen molar-refractivity contribution in [3.63, 3.8) is 0 Å². The first kappa shape index (κ1) is 26.0. The third kappa shape index (κ3) is 6.25. The van der Waals surface area contributed by atoms with E-state index in [1.807, 2.05) is 0 Å². The summed E-state index contributed by atoms with van der Waals surface area (Å²) in [6, 6.07) is 4.02. The first-order chi connectivity index (χ1) is 13.5. The molecule has 0 radical (unpaired) electrons. The van der Waals surface area contributed by atoms with Gasteiger partial charge >= 0.3 is 18.2 Å². The van der Waals surface area contributed by atoms with Gasteiger partial charge in [0, 0.05) is 26.6 Å². The van der Waals surface area contributed by atoms with Crippen molar-refractivity contribution in [2.75, 3.05) is 20.1 Å². The van der Waals surface area contributed by atoms with Gasteiger partial charge in [0.2, 0.25) is 0 Å². The minimum absolute atomic E-state index is 0.0235. The minimum Gasteiger partial charge on any atom is -0.465 e. The monoisotopic (exact) mass is 470 g/mol. The quantitative estimate of drug-likeness (QED) is 0.579. The number of nitrogens with zero attached hydrogens (tertiary/aromatic N) is 2. The number of halogens is 5. The fourth-order valence-electron chi connectivity index (χ4n) is 3.11. The second-order valence-corrected chi connectivity index (χ2v) is 8.93. The molecule has 1 unspecified atom stereocenters. The molecule has 11 heteroatoms. The highest BCUT2D eigenvalue weighted by atomic mass is 35.5. The van der Waals surface area contributed by atoms with E-state index in [2.05, 4.69) is 0 Å². The first-order valence-electron chi connectivity index (χ1n) is 8.77. The minimum atomic E-state index is -5.17. The van der Waals surface area contributed by atoms with Gasteiger partial charge in [-0.25, -0.2) is 4.79 Å². The van der Waals surface area contributed by atoms with Gasteiger partial charge in [-0.05, 0) is 23.1 Å². The van der Waals surface area contributed by atoms with Gasteiger partial charge in [-0.1, -0.05) is 50.0 Å². The Morgan fingerprint density at radius 2 is 1.67 bits per heavy atom. The van der Waals surface area contributed by atoms with Crippen LogP contribution in [0.15, 0.2) is 18.2 Å². The topological polar surface area (TPSA) is 77.9 Å². The summed E-state index contributed by atoms with van der Waals surface area (Å²) in [5, 5.41) is 10.1. The number of carbonyl (C=O) groups excluding carboxylic acids is 2. The number of likely N-dealkylation sites (N-methyl/N-ethyl adjacent to an activating group) is 1. The third-order valence-electron chi connectivity index (χ3n) is 4.35. The van der Waals surface area contributed by atoms with Crippen LogP contribution in [-0.4, -0.2) is 59.5 Å². The molecular formula is C19H23Cl2F3N2O4. The lowest BCUT2D eigenvalue weighted by Gasteiger charge is -2.46. The summed E-state index contributed by atoms with van der Waals surface area (Å²) in [7, 11) is 0.893. The van der Waals surface area contributed by atoms with Gasteiger partial charge in [0.15, 0.2) is 0 Å². The normalized spacial score (nSPS) is 14.0. The van der Waals surface area contributed by atoms with Crippen molar-refractivity contribution >= 4 is 41.5 Å². The van der Waals surface area contributed by atoms with Crippen molar-refractivity contribution in [1.29, 1.82) is 0 Å². The maximum Gasteiger partial charge on any atom is 0.471 e. The fourth-order valence-corrected chi connectivity index (χ4v) is 3.40. The lowest BCUT2D eigenvalue weighted by molar-refractivity contribution is -0.185. The second-order valence-electron chi connectivity index (χ2n) is 8.12. The lowest BCUT2D eigenvalue weighted by atomic mass is 9.82. The first-order valence-corrected chi connectivity index (χ1v) is 9.53. The second kappa shape index (κ2) is 9.43. The zero-order chi connectivity index (χ0) is 23.5. The fraction of sp³-hybridized carbons (Fsp3) is 0.526. The highest BCUT2D eigenvalue weighted by Gasteiger charge is 2.48. The van der Waals surface area contributed by atoms with Crippen LogP contribution in [0.5, 0.6) is 0 Å². The molecule has 6 nitrogen and oxygen atoms in total. The Kier molecular flexibility index (Phi) is 8.18. The molecule has 1 aromatic carbocycles. The summed E-state index contributed by atoms with van der Waals surface area (Å²) >= 11 is 12.0. The number of amides is 2. The Bertz CT molecular complexity index is 812. The van der Waals surface area contributed by atoms with Crippen LogP contribution in [0.1, 0.15) is 32.8 Å². The summed E-state index contributed by atoms with van der Waals surface area (Å²) in [4.78, 5) is 36.8. The lowest BCUT2D eigenvalue weighted by Crippen LogP contribution is -2.58. The molecule has 0 fully saturated rings. The number of alkyl halides is 3. The molecule has 30 heavy (non-hydrogen) atoms. The van der Waals surface area contributed by atoms with E-state index >= 15 is 0 Å². The predicted octanol–water partition coefficient (Wildman–Crippen LogP) is 4.82. The molecule has 1 aromatic rings. The molecule has 0 aromatic heterocycles. The van der Waals surface area contributed by atoms with Gasteiger partial charge in [-0.15, -0.1) is 0 Å². The average Bonchev–Trinajstić information content (AvgIpc) is 2.59. The average molecular weight is 471 g/mol. The molecule has 0 saturated heterocycles. The molecule has 0 bridgehead atoms. The largest absolute Gasteiger partial charge is 0.471 e. The zero-order valence-corrected chi connectivity index (χ0v) is 18.4. The molecule has 2 amide bonds. The Morgan fingerprint density at radius 3 is 2.07 bits per heavy atom. The molecule has 0 aliphatic carbocycles. The van der Waals surface area contributed by atoms with Crippen LogP contribution in [0.3, 0.4) is 0 Å². The Labute approximate surface area is 182 Å². The van der Waals surface area contributed by atoms with E-state index in [4.69, 9.17) is 23.2 Å². The van der Waals surface area contributed by atoms with E-state index in [0.29, 0.717) is 11.2 Å². The van der Waals surface area contributed by atoms with Gasteiger partial charge < -0.3 is 14.8 Å². The summed E-state index contributed by atoms with van der Waals surface area (Å²) < 4.78 is 38.9. The summed E-state index contributed by atoms with van der Waals surface area (Å²) in [6.07, 6.45) is -6.75. The summed E-state index contributed by atoms with van der Waals surface area (Å²) in [5.41, 5.74) is -2.31. The molecule has 0 aliphatic rings. The molecule has 0 spiro atoms. The Balaban J connectivity index is 3.75. The van der Waals surface area contributed by atoms with Gasteiger partial charge in [0.25, 0.3) is 0 Å². The standard InChI is InChI=1S/C19H23Cl2F3N2O4/c1-17(2,3)10-26(16(29)30)18(7-8-27,11-25(4)15(28)19(22,23)24)12-5-6-13(20)14(21)9-12/h5-6,8-9H,7,10-11H2,1-4H3,(H,29,30). The number of rotatable bonds is 7. The van der Waals surface area contributed by atoms with Crippen molar-refractivity contribution < 1.29 is 32.7 Å². The Morgan fingerprint density at radius 1 is 1.10 bits per heavy atom. The maximum absolute atomic E-state index is 13.0. The molecule has 1 rings (SSSR count). The van der Waals surface area contributed by atoms with Crippen LogP contribution in [0.2, 0.25) is 10.0 Å². The van der Waals surface area contributed by atoms with Crippen LogP contribution in [-0.2, 0) is 15.1 Å². The number of hydrogen-bond donors (Lipinski definition) is 1. The smallest absolute Gasteiger partial charge is 0.465 e. The van der Waals surface area contributed by atoms with Gasteiger partial charge in [0.1, 0.15) is 6.29 Å². The number of aldehydes is 1. The zero-order valence-electron chi connectivity index (χ0n) is 16.9. The van der Waals surface area contributed by atoms with Crippen LogP contribution < -0.4 is 0 Å². The van der Waals surface area contributed by atoms with Crippen LogP contribution in [0, 0.1) is 5.41 Å². The Hall–Kier alpha value is -2.00. The van der Waals surface area contributed by atoms with Crippen molar-refractivity contribution in [3.05, 3.63) is 33.8 Å². The van der Waals surface area contributed by atoms with Crippen LogP contribution in [0.25, 0.3) is 0 Å². The van der Waals surface area contributed by atoms with E-state index in [1.165, 1.54) is 18.2 Å². The highest BCUT2D eigenvalue weighted by molar-refractivity contribution is 6.42. The van der Waals surface area contributed by atoms with Crippen molar-refractivity contribution in [2.24, 2.45) is 5.41 Å². The van der Waals surface area contributed by atoms with Gasteiger partial charge in [-0.3, -0.25) is 9.69 Å². The molecular weight excluding hydrogens is 448 g/mol. The third-order valence-corrected chi connectivity index (χ3v) is 5.08. The highest BCUT2D eigenvalue weighted by Crippen LogP contribution is 2.38. The van der Waals surface area contributed by atoms with Crippen LogP contribution >= 0.6 is 23.2 Å². The van der Waals surface area contributed by atoms with E-state index in [0.717, 1.165) is 11.9 Å². The van der Waals surface area contributed by atoms with E-state index in [-0.39, 0.29) is 22.2 Å². The van der Waals surface area contributed by atoms with E-state index < -0.39 is 42.1 Å². The molecule has 0 aliphatic heterocycles. The molecule has 1 atom stereocenters. The molecule has 1 N–H and O–H groups in total. The summed E-state index contributed by atoms with van der Waals surface area (Å²) in [6.45, 7) is 4.32. The van der Waals surface area contributed by atoms with Crippen molar-refractivity contribution in [2.45, 2.75) is 38.9 Å². The van der Waals surface area contributed by atoms with Gasteiger partial charge in [0.05, 0.1) is 15.6 Å². The maximum atomic E-state index is 13.0. The van der Waals surface area contributed by atoms with E-state index in [1.54, 1.807) is 20.8 Å². The SMILES string of the molecule is CN(CC(CC=O)(c1ccc(Cl)c(Cl)c1)N(CC(C)(C)C)C(=O)O)C(=O)C(F)(F)F. The summed E-state index contributed by atoms with van der Waals surface area (Å²) in [5.74, 6) is -2.17. The number of hydrogen-bond acceptors (Lipinski definition) is 3. The number of benzene rings is 1. The van der Waals surface area contributed by atoms with Crippen LogP contribution in [0.4, 0.5) is 18.0 Å². The number of carboxylic acid groups (broad SMARTS) is 1. The van der Waals surface area contributed by atoms with Gasteiger partial charge in [-0.2, -0.15) is 13.2 Å². The number of carbonyl (C=O) groups is 3. The molecule has 168 valence electrons. The van der Waals surface area contributed by atoms with Crippen molar-refractivity contribution in [3.8, 4) is 0 Å².